The highest BCUT2D eigenvalue weighted by Gasteiger charge is 2.30. The number of hydrogen-bond donors (Lipinski definition) is 2. The third kappa shape index (κ3) is 6.12. The molecule has 0 bridgehead atoms. The molecule has 2 fully saturated rings. The third-order valence-corrected chi connectivity index (χ3v) is 8.33. The minimum Gasteiger partial charge on any atom is -0.444 e. The van der Waals surface area contributed by atoms with E-state index in [0.29, 0.717) is 11.7 Å². The van der Waals surface area contributed by atoms with Gasteiger partial charge in [0.25, 0.3) is 0 Å². The minimum atomic E-state index is -0.0446. The zero-order chi connectivity index (χ0) is 22.6. The lowest BCUT2D eigenvalue weighted by atomic mass is 9.94. The summed E-state index contributed by atoms with van der Waals surface area (Å²) in [5, 5.41) is 7.67. The van der Waals surface area contributed by atoms with Gasteiger partial charge >= 0.3 is 0 Å². The number of amides is 1. The van der Waals surface area contributed by atoms with E-state index in [9.17, 15) is 4.79 Å². The number of hydrogen-bond acceptors (Lipinski definition) is 8. The summed E-state index contributed by atoms with van der Waals surface area (Å²) >= 11 is 3.27. The number of rotatable bonds is 7. The highest BCUT2D eigenvalue weighted by Crippen LogP contribution is 2.35. The van der Waals surface area contributed by atoms with Crippen molar-refractivity contribution in [2.24, 2.45) is 11.8 Å². The van der Waals surface area contributed by atoms with Crippen LogP contribution in [0.2, 0.25) is 0 Å². The molecular weight excluding hydrogens is 442 g/mol. The van der Waals surface area contributed by atoms with Crippen LogP contribution in [0.4, 0.5) is 5.13 Å². The molecule has 1 unspecified atom stereocenters. The smallest absolute Gasteiger partial charge is 0.231 e. The second-order valence-electron chi connectivity index (χ2n) is 9.80. The quantitative estimate of drug-likeness (QED) is 0.582. The lowest BCUT2D eigenvalue weighted by molar-refractivity contribution is -0.123. The van der Waals surface area contributed by atoms with Crippen LogP contribution in [-0.4, -0.2) is 48.6 Å². The highest BCUT2D eigenvalue weighted by molar-refractivity contribution is 8.00. The minimum absolute atomic E-state index is 0.0446. The van der Waals surface area contributed by atoms with Gasteiger partial charge in [0, 0.05) is 17.9 Å². The van der Waals surface area contributed by atoms with Crippen molar-refractivity contribution in [3.05, 3.63) is 24.0 Å². The summed E-state index contributed by atoms with van der Waals surface area (Å²) in [5.41, 5.74) is -0.0446. The van der Waals surface area contributed by atoms with Crippen LogP contribution < -0.4 is 15.5 Å². The van der Waals surface area contributed by atoms with E-state index in [1.807, 2.05) is 17.3 Å². The summed E-state index contributed by atoms with van der Waals surface area (Å²) in [7, 11) is 0. The number of nitrogens with zero attached hydrogens (tertiary/aromatic N) is 3. The molecular formula is C23H35N5O2S2. The van der Waals surface area contributed by atoms with E-state index in [1.165, 1.54) is 6.42 Å². The Kier molecular flexibility index (Phi) is 7.91. The molecule has 2 aliphatic heterocycles. The van der Waals surface area contributed by atoms with Gasteiger partial charge in [0.15, 0.2) is 5.13 Å². The Morgan fingerprint density at radius 1 is 1.19 bits per heavy atom. The first kappa shape index (κ1) is 23.7. The molecule has 4 rings (SSSR count). The van der Waals surface area contributed by atoms with Gasteiger partial charge in [-0.3, -0.25) is 9.69 Å². The number of anilines is 1. The number of thioether (sulfide) groups is 1. The normalized spacial score (nSPS) is 20.4. The monoisotopic (exact) mass is 477 g/mol. The Hall–Kier alpha value is -1.42. The molecule has 1 atom stereocenters. The third-order valence-electron chi connectivity index (χ3n) is 6.13. The van der Waals surface area contributed by atoms with Crippen LogP contribution in [0.3, 0.4) is 0 Å². The van der Waals surface area contributed by atoms with Crippen molar-refractivity contribution < 1.29 is 9.21 Å². The average molecular weight is 478 g/mol. The maximum Gasteiger partial charge on any atom is 0.231 e. The van der Waals surface area contributed by atoms with Gasteiger partial charge in [0.2, 0.25) is 11.8 Å². The molecule has 7 nitrogen and oxygen atoms in total. The predicted octanol–water partition coefficient (Wildman–Crippen LogP) is 4.05. The van der Waals surface area contributed by atoms with Crippen molar-refractivity contribution in [2.45, 2.75) is 61.8 Å². The van der Waals surface area contributed by atoms with E-state index >= 15 is 0 Å². The first-order valence-electron chi connectivity index (χ1n) is 11.7. The van der Waals surface area contributed by atoms with Gasteiger partial charge < -0.3 is 15.1 Å². The predicted molar refractivity (Wildman–Crippen MR) is 130 cm³/mol. The van der Waals surface area contributed by atoms with Crippen molar-refractivity contribution in [3.63, 3.8) is 0 Å². The number of thiazole rings is 1. The summed E-state index contributed by atoms with van der Waals surface area (Å²) in [6.45, 7) is 11.0. The molecule has 2 N–H and O–H groups in total. The zero-order valence-corrected chi connectivity index (χ0v) is 21.0. The molecule has 2 aliphatic rings. The summed E-state index contributed by atoms with van der Waals surface area (Å²) < 4.78 is 7.00. The fourth-order valence-corrected chi connectivity index (χ4v) is 6.02. The zero-order valence-electron chi connectivity index (χ0n) is 19.4. The fourth-order valence-electron chi connectivity index (χ4n) is 4.19. The summed E-state index contributed by atoms with van der Waals surface area (Å²) in [6.07, 6.45) is 7.87. The fraction of sp³-hybridized carbons (Fsp3) is 0.696. The molecule has 176 valence electrons. The summed E-state index contributed by atoms with van der Waals surface area (Å²) in [4.78, 5) is 24.5. The number of carbonyl (C=O) groups is 1. The highest BCUT2D eigenvalue weighted by atomic mass is 32.2. The van der Waals surface area contributed by atoms with E-state index in [2.05, 4.69) is 41.4 Å². The topological polar surface area (TPSA) is 83.3 Å². The molecule has 0 saturated carbocycles. The molecule has 0 aromatic carbocycles. The molecule has 2 aromatic rings. The number of piperidine rings is 2. The van der Waals surface area contributed by atoms with Crippen LogP contribution in [0.25, 0.3) is 0 Å². The van der Waals surface area contributed by atoms with Crippen molar-refractivity contribution in [1.29, 1.82) is 0 Å². The standard InChI is InChI=1S/C23H35N5O2S2/c1-23(2,3)18-12-26-19(30-18)15-31-20-13-27-22(32-20)28(14-16-5-4-8-25-11-16)21(29)17-6-9-24-10-7-17/h12-13,16-17,24-25H,4-11,14-15H2,1-3H3. The van der Waals surface area contributed by atoms with Crippen molar-refractivity contribution in [2.75, 3.05) is 37.6 Å². The van der Waals surface area contributed by atoms with Gasteiger partial charge in [-0.15, -0.1) is 11.8 Å². The van der Waals surface area contributed by atoms with Crippen LogP contribution in [0.1, 0.15) is 58.1 Å². The van der Waals surface area contributed by atoms with Gasteiger partial charge in [0.05, 0.1) is 22.4 Å². The van der Waals surface area contributed by atoms with Crippen LogP contribution in [-0.2, 0) is 16.0 Å². The summed E-state index contributed by atoms with van der Waals surface area (Å²) in [5.74, 6) is 3.11. The second-order valence-corrected chi connectivity index (χ2v) is 12.1. The van der Waals surface area contributed by atoms with Crippen molar-refractivity contribution in [3.8, 4) is 0 Å². The van der Waals surface area contributed by atoms with Crippen LogP contribution in [0.15, 0.2) is 21.0 Å². The second kappa shape index (κ2) is 10.7. The Morgan fingerprint density at radius 2 is 2.00 bits per heavy atom. The lowest BCUT2D eigenvalue weighted by Gasteiger charge is -2.32. The van der Waals surface area contributed by atoms with E-state index in [0.717, 1.165) is 73.0 Å². The van der Waals surface area contributed by atoms with Gasteiger partial charge in [0.1, 0.15) is 5.76 Å². The maximum atomic E-state index is 13.5. The molecule has 2 aromatic heterocycles. The molecule has 0 spiro atoms. The Morgan fingerprint density at radius 3 is 2.69 bits per heavy atom. The molecule has 32 heavy (non-hydrogen) atoms. The van der Waals surface area contributed by atoms with E-state index < -0.39 is 0 Å². The van der Waals surface area contributed by atoms with E-state index in [4.69, 9.17) is 4.42 Å². The van der Waals surface area contributed by atoms with Gasteiger partial charge in [-0.05, 0) is 57.8 Å². The number of oxazole rings is 1. The van der Waals surface area contributed by atoms with Crippen LogP contribution in [0.5, 0.6) is 0 Å². The molecule has 0 radical (unpaired) electrons. The molecule has 1 amide bonds. The van der Waals surface area contributed by atoms with E-state index in [1.54, 1.807) is 23.1 Å². The molecule has 9 heteroatoms. The summed E-state index contributed by atoms with van der Waals surface area (Å²) in [6, 6.07) is 0. The Labute approximate surface area is 199 Å². The first-order valence-corrected chi connectivity index (χ1v) is 13.5. The van der Waals surface area contributed by atoms with Crippen molar-refractivity contribution >= 4 is 34.1 Å². The van der Waals surface area contributed by atoms with E-state index in [-0.39, 0.29) is 17.2 Å². The van der Waals surface area contributed by atoms with Gasteiger partial charge in [-0.2, -0.15) is 0 Å². The largest absolute Gasteiger partial charge is 0.444 e. The Bertz CT molecular complexity index is 879. The van der Waals surface area contributed by atoms with Crippen LogP contribution >= 0.6 is 23.1 Å². The SMILES string of the molecule is CC(C)(C)c1cnc(CSc2cnc(N(CC3CCCNC3)C(=O)C3CCNCC3)s2)o1. The molecule has 2 saturated heterocycles. The molecule has 0 aliphatic carbocycles. The maximum absolute atomic E-state index is 13.5. The molecule has 4 heterocycles. The van der Waals surface area contributed by atoms with Crippen LogP contribution in [0, 0.1) is 11.8 Å². The lowest BCUT2D eigenvalue weighted by Crippen LogP contribution is -2.45. The van der Waals surface area contributed by atoms with Gasteiger partial charge in [-0.25, -0.2) is 9.97 Å². The Balaban J connectivity index is 1.43. The van der Waals surface area contributed by atoms with Gasteiger partial charge in [-0.1, -0.05) is 32.1 Å². The number of carbonyl (C=O) groups excluding carboxylic acids is 1. The number of nitrogens with one attached hydrogen (secondary N) is 2. The average Bonchev–Trinajstić information content (AvgIpc) is 3.46. The van der Waals surface area contributed by atoms with Crippen molar-refractivity contribution in [1.82, 2.24) is 20.6 Å². The first-order chi connectivity index (χ1) is 15.4. The number of aromatic nitrogens is 2.